The van der Waals surface area contributed by atoms with Gasteiger partial charge in [0.2, 0.25) is 0 Å². The first-order valence-electron chi connectivity index (χ1n) is 7.43. The van der Waals surface area contributed by atoms with Gasteiger partial charge in [-0.05, 0) is 37.6 Å². The maximum Gasteiger partial charge on any atom is 0.258 e. The third kappa shape index (κ3) is 3.79. The lowest BCUT2D eigenvalue weighted by Crippen LogP contribution is -2.41. The molecule has 1 aromatic heterocycles. The van der Waals surface area contributed by atoms with Crippen molar-refractivity contribution in [2.45, 2.75) is 25.4 Å². The average Bonchev–Trinajstić information content (AvgIpc) is 3.19. The minimum absolute atomic E-state index is 0.201. The van der Waals surface area contributed by atoms with Gasteiger partial charge in [0.05, 0.1) is 16.3 Å². The second-order valence-electron chi connectivity index (χ2n) is 5.52. The van der Waals surface area contributed by atoms with Crippen LogP contribution < -0.4 is 16.3 Å². The molecular formula is C16H16Cl2N4O2. The minimum Gasteiger partial charge on any atom is -0.455 e. The Kier molecular flexibility index (Phi) is 5.20. The predicted molar refractivity (Wildman–Crippen MR) is 94.0 cm³/mol. The molecule has 3 N–H and O–H groups in total. The monoisotopic (exact) mass is 366 g/mol. The van der Waals surface area contributed by atoms with Crippen LogP contribution in [0.25, 0.3) is 11.3 Å². The van der Waals surface area contributed by atoms with Crippen molar-refractivity contribution in [1.29, 1.82) is 0 Å². The van der Waals surface area contributed by atoms with E-state index in [1.807, 2.05) is 13.0 Å². The Morgan fingerprint density at radius 3 is 2.92 bits per heavy atom. The molecule has 2 aromatic rings. The molecule has 6 nitrogen and oxygen atoms in total. The molecule has 2 atom stereocenters. The molecule has 2 unspecified atom stereocenters. The summed E-state index contributed by atoms with van der Waals surface area (Å²) in [6, 6.07) is 8.78. The predicted octanol–water partition coefficient (Wildman–Crippen LogP) is 2.96. The summed E-state index contributed by atoms with van der Waals surface area (Å²) in [6.07, 6.45) is 2.14. The quantitative estimate of drug-likeness (QED) is 0.574. The van der Waals surface area contributed by atoms with E-state index in [0.29, 0.717) is 33.6 Å². The third-order valence-electron chi connectivity index (χ3n) is 3.62. The van der Waals surface area contributed by atoms with Crippen molar-refractivity contribution in [2.24, 2.45) is 5.10 Å². The highest BCUT2D eigenvalue weighted by molar-refractivity contribution is 6.43. The van der Waals surface area contributed by atoms with Crippen molar-refractivity contribution in [3.05, 3.63) is 46.1 Å². The van der Waals surface area contributed by atoms with Gasteiger partial charge in [0.25, 0.3) is 5.91 Å². The molecule has 1 saturated heterocycles. The van der Waals surface area contributed by atoms with Crippen LogP contribution in [0.5, 0.6) is 0 Å². The second kappa shape index (κ2) is 7.36. The summed E-state index contributed by atoms with van der Waals surface area (Å²) >= 11 is 12.2. The summed E-state index contributed by atoms with van der Waals surface area (Å²) in [7, 11) is 0. The number of nitrogens with one attached hydrogen (secondary N) is 3. The third-order valence-corrected chi connectivity index (χ3v) is 4.44. The van der Waals surface area contributed by atoms with E-state index in [0.717, 1.165) is 0 Å². The molecule has 1 fully saturated rings. The minimum atomic E-state index is -0.297. The van der Waals surface area contributed by atoms with Gasteiger partial charge in [-0.1, -0.05) is 29.3 Å². The first kappa shape index (κ1) is 17.0. The summed E-state index contributed by atoms with van der Waals surface area (Å²) < 4.78 is 5.66. The molecule has 2 heterocycles. The zero-order valence-electron chi connectivity index (χ0n) is 12.8. The first-order valence-corrected chi connectivity index (χ1v) is 8.18. The van der Waals surface area contributed by atoms with Crippen LogP contribution in [0, 0.1) is 0 Å². The second-order valence-corrected chi connectivity index (χ2v) is 6.30. The molecule has 3 rings (SSSR count). The lowest BCUT2D eigenvalue weighted by molar-refractivity contribution is -0.122. The Morgan fingerprint density at radius 1 is 1.33 bits per heavy atom. The van der Waals surface area contributed by atoms with Gasteiger partial charge in [-0.15, -0.1) is 0 Å². The molecule has 0 spiro atoms. The van der Waals surface area contributed by atoms with Crippen molar-refractivity contribution in [3.8, 4) is 11.3 Å². The van der Waals surface area contributed by atoms with E-state index >= 15 is 0 Å². The van der Waals surface area contributed by atoms with E-state index in [-0.39, 0.29) is 18.0 Å². The maximum absolute atomic E-state index is 11.9. The Hall–Kier alpha value is -1.86. The summed E-state index contributed by atoms with van der Waals surface area (Å²) in [4.78, 5) is 11.9. The number of rotatable bonds is 4. The fourth-order valence-electron chi connectivity index (χ4n) is 2.39. The molecule has 0 bridgehead atoms. The number of furan rings is 1. The normalized spacial score (nSPS) is 20.6. The molecule has 0 radical (unpaired) electrons. The van der Waals surface area contributed by atoms with Crippen LogP contribution in [-0.2, 0) is 4.79 Å². The van der Waals surface area contributed by atoms with Gasteiger partial charge in [0, 0.05) is 11.6 Å². The van der Waals surface area contributed by atoms with Gasteiger partial charge in [-0.3, -0.25) is 10.2 Å². The summed E-state index contributed by atoms with van der Waals surface area (Å²) in [5, 5.41) is 4.80. The first-order chi connectivity index (χ1) is 11.5. The summed E-state index contributed by atoms with van der Waals surface area (Å²) in [5.41, 5.74) is 9.07. The van der Waals surface area contributed by atoms with Crippen molar-refractivity contribution in [1.82, 2.24) is 16.3 Å². The number of amides is 1. The van der Waals surface area contributed by atoms with Gasteiger partial charge >= 0.3 is 0 Å². The highest BCUT2D eigenvalue weighted by Gasteiger charge is 2.26. The van der Waals surface area contributed by atoms with Crippen molar-refractivity contribution in [2.75, 3.05) is 0 Å². The molecule has 1 aromatic carbocycles. The number of halogens is 2. The van der Waals surface area contributed by atoms with E-state index in [4.69, 9.17) is 27.6 Å². The van der Waals surface area contributed by atoms with E-state index in [1.54, 1.807) is 24.3 Å². The summed E-state index contributed by atoms with van der Waals surface area (Å²) in [5.74, 6) is 0.866. The standard InChI is InChI=1S/C16H16Cl2N4O2/c1-9-7-13(21-20-9)16(23)22-19-8-10-5-6-14(24-10)11-3-2-4-12(17)15(11)18/h2-6,8-9,13,20-21H,7H2,1H3,(H,22,23)/b19-8+. The maximum atomic E-state index is 11.9. The van der Waals surface area contributed by atoms with Crippen LogP contribution >= 0.6 is 23.2 Å². The van der Waals surface area contributed by atoms with Gasteiger partial charge in [-0.2, -0.15) is 5.10 Å². The van der Waals surface area contributed by atoms with Gasteiger partial charge < -0.3 is 4.42 Å². The summed E-state index contributed by atoms with van der Waals surface area (Å²) in [6.45, 7) is 1.99. The molecule has 0 saturated carbocycles. The number of hydrazone groups is 1. The lowest BCUT2D eigenvalue weighted by Gasteiger charge is -2.05. The van der Waals surface area contributed by atoms with Gasteiger partial charge in [0.1, 0.15) is 17.6 Å². The molecule has 24 heavy (non-hydrogen) atoms. The number of benzene rings is 1. The van der Waals surface area contributed by atoms with Crippen LogP contribution in [-0.4, -0.2) is 24.2 Å². The number of hydrazine groups is 1. The fraction of sp³-hybridized carbons (Fsp3) is 0.250. The van der Waals surface area contributed by atoms with Crippen molar-refractivity contribution in [3.63, 3.8) is 0 Å². The molecule has 1 aliphatic rings. The van der Waals surface area contributed by atoms with Crippen LogP contribution in [0.4, 0.5) is 0 Å². The zero-order chi connectivity index (χ0) is 17.1. The Morgan fingerprint density at radius 2 is 2.17 bits per heavy atom. The molecule has 8 heteroatoms. The van der Waals surface area contributed by atoms with Crippen LogP contribution in [0.1, 0.15) is 19.1 Å². The number of carbonyl (C=O) groups is 1. The van der Waals surface area contributed by atoms with Crippen molar-refractivity contribution < 1.29 is 9.21 Å². The number of hydrogen-bond donors (Lipinski definition) is 3. The Balaban J connectivity index is 1.64. The molecule has 1 amide bonds. The Bertz CT molecular complexity index is 775. The van der Waals surface area contributed by atoms with Crippen LogP contribution in [0.2, 0.25) is 10.0 Å². The highest BCUT2D eigenvalue weighted by atomic mass is 35.5. The van der Waals surface area contributed by atoms with Gasteiger partial charge in [-0.25, -0.2) is 10.9 Å². The highest BCUT2D eigenvalue weighted by Crippen LogP contribution is 2.34. The van der Waals surface area contributed by atoms with E-state index < -0.39 is 0 Å². The van der Waals surface area contributed by atoms with E-state index in [1.165, 1.54) is 6.21 Å². The molecule has 0 aliphatic carbocycles. The largest absolute Gasteiger partial charge is 0.455 e. The van der Waals surface area contributed by atoms with Crippen LogP contribution in [0.3, 0.4) is 0 Å². The molecule has 126 valence electrons. The van der Waals surface area contributed by atoms with E-state index in [9.17, 15) is 4.79 Å². The van der Waals surface area contributed by atoms with Crippen LogP contribution in [0.15, 0.2) is 39.9 Å². The molecular weight excluding hydrogens is 351 g/mol. The lowest BCUT2D eigenvalue weighted by atomic mass is 10.1. The smallest absolute Gasteiger partial charge is 0.258 e. The Labute approximate surface area is 149 Å². The number of carbonyl (C=O) groups excluding carboxylic acids is 1. The number of hydrogen-bond acceptors (Lipinski definition) is 5. The SMILES string of the molecule is CC1CC(C(=O)N/N=C/c2ccc(-c3cccc(Cl)c3Cl)o2)NN1. The van der Waals surface area contributed by atoms with E-state index in [2.05, 4.69) is 21.4 Å². The van der Waals surface area contributed by atoms with Crippen molar-refractivity contribution >= 4 is 35.3 Å². The zero-order valence-corrected chi connectivity index (χ0v) is 14.4. The topological polar surface area (TPSA) is 78.7 Å². The fourth-order valence-corrected chi connectivity index (χ4v) is 2.78. The molecule has 1 aliphatic heterocycles. The number of nitrogens with zero attached hydrogens (tertiary/aromatic N) is 1. The van der Waals surface area contributed by atoms with Gasteiger partial charge in [0.15, 0.2) is 0 Å². The average molecular weight is 367 g/mol.